The van der Waals surface area contributed by atoms with Crippen molar-refractivity contribution in [2.75, 3.05) is 51.9 Å². The number of carbonyl (C=O) groups is 7. The number of likely N-dealkylation sites (tertiary alicyclic amines) is 2. The molecule has 26 nitrogen and oxygen atoms in total. The fourth-order valence-electron chi connectivity index (χ4n) is 15.4. The van der Waals surface area contributed by atoms with Gasteiger partial charge in [-0.2, -0.15) is 0 Å². The van der Waals surface area contributed by atoms with Crippen LogP contribution in [-0.4, -0.2) is 183 Å². The van der Waals surface area contributed by atoms with E-state index in [1.165, 1.54) is 22.6 Å². The van der Waals surface area contributed by atoms with Crippen LogP contribution in [0, 0.1) is 23.7 Å². The molecule has 4 amide bonds. The summed E-state index contributed by atoms with van der Waals surface area (Å²) >= 11 is 0. The Hall–Kier alpha value is -7.99. The Kier molecular flexibility index (Phi) is 32.9. The summed E-state index contributed by atoms with van der Waals surface area (Å²) in [6.07, 6.45) is 14.7. The van der Waals surface area contributed by atoms with E-state index in [1.54, 1.807) is 77.9 Å². The number of aromatic nitrogens is 2. The van der Waals surface area contributed by atoms with Gasteiger partial charge in [0.25, 0.3) is 5.89 Å². The van der Waals surface area contributed by atoms with Crippen LogP contribution in [0.4, 0.5) is 9.59 Å². The number of aliphatic hydroxyl groups is 1. The lowest BCUT2D eigenvalue weighted by molar-refractivity contribution is -0.140. The number of unbranched alkanes of at least 4 members (excludes halogenated alkanes) is 2. The van der Waals surface area contributed by atoms with Crippen LogP contribution in [-0.2, 0) is 71.0 Å². The highest BCUT2D eigenvalue weighted by atomic mass is 32.2. The van der Waals surface area contributed by atoms with Crippen molar-refractivity contribution in [3.63, 3.8) is 0 Å². The zero-order valence-corrected chi connectivity index (χ0v) is 68.1. The number of hydrogen-bond acceptors (Lipinski definition) is 20. The van der Waals surface area contributed by atoms with Gasteiger partial charge < -0.3 is 53.3 Å². The molecule has 0 spiro atoms. The second kappa shape index (κ2) is 41.9. The van der Waals surface area contributed by atoms with E-state index in [9.17, 15) is 55.5 Å². The summed E-state index contributed by atoms with van der Waals surface area (Å²) in [5, 5.41) is 17.2. The number of nitrogens with zero attached hydrogens (tertiary/aromatic N) is 4. The van der Waals surface area contributed by atoms with Gasteiger partial charge in [-0.1, -0.05) is 136 Å². The number of nitrogens with one attached hydrogen (secondary N) is 4. The predicted molar refractivity (Wildman–Crippen MR) is 426 cm³/mol. The van der Waals surface area contributed by atoms with Crippen molar-refractivity contribution in [2.45, 2.75) is 249 Å². The first-order valence-electron chi connectivity index (χ1n) is 40.1. The van der Waals surface area contributed by atoms with Crippen LogP contribution >= 0.6 is 0 Å². The van der Waals surface area contributed by atoms with Gasteiger partial charge >= 0.3 is 12.2 Å². The van der Waals surface area contributed by atoms with Crippen molar-refractivity contribution in [3.8, 4) is 0 Å². The standard InChI is InChI=1S/C42H60N4O9S.C42H58N4O9S/c2*1-42(2,3)55-41(50)43-24-14-13-19-31(38(48)39-44-33-20-11-12-21-37(33)54-39)25-36(47)35-26-32(53-28-30-17-9-6-10-18-30)27-46(35)40(49)34(45-56(4,51)52)23-22-29-15-7-5-8-16-29/h5,7-8,11-12,15-16,20-21,30-32,34-35,38,45,48H,6,9-10,13-14,17-19,22-28H2,1-4H3,(H,43,50);5,7-8,11-12,15-16,20-21,30-32,34-35,45H,6,9-10,13-14,17-19,22-28H2,1-4H3,(H,43,50)/t31-,32-,34-,35+,38?;31-,32-,34-,35+/m11/s1. The molecule has 6 aromatic rings. The molecule has 2 aliphatic heterocycles. The quantitative estimate of drug-likeness (QED) is 0.0177. The molecular weight excluding hydrogens is 1470 g/mol. The number of sulfonamides is 2. The monoisotopic (exact) mass is 1590 g/mol. The van der Waals surface area contributed by atoms with Crippen LogP contribution in [0.2, 0.25) is 0 Å². The Morgan fingerprint density at radius 2 is 0.946 bits per heavy atom. The molecule has 10 rings (SSSR count). The maximum atomic E-state index is 14.5. The molecule has 112 heavy (non-hydrogen) atoms. The summed E-state index contributed by atoms with van der Waals surface area (Å²) in [6, 6.07) is 29.2. The molecule has 2 aliphatic carbocycles. The summed E-state index contributed by atoms with van der Waals surface area (Å²) in [7, 11) is -7.57. The van der Waals surface area contributed by atoms with Crippen LogP contribution in [0.1, 0.15) is 217 Å². The third kappa shape index (κ3) is 28.8. The summed E-state index contributed by atoms with van der Waals surface area (Å²) in [4.78, 5) is 108. The molecule has 0 bridgehead atoms. The number of amides is 4. The minimum Gasteiger partial charge on any atom is -0.444 e. The Labute approximate surface area is 660 Å². The first-order valence-corrected chi connectivity index (χ1v) is 43.9. The molecule has 614 valence electrons. The Morgan fingerprint density at radius 1 is 0.527 bits per heavy atom. The number of aryl methyl sites for hydroxylation is 2. The number of carbonyl (C=O) groups excluding carboxylic acids is 7. The van der Waals surface area contributed by atoms with Gasteiger partial charge in [0.1, 0.15) is 40.4 Å². The Balaban J connectivity index is 0.000000257. The highest BCUT2D eigenvalue weighted by molar-refractivity contribution is 7.89. The largest absolute Gasteiger partial charge is 0.444 e. The number of alkyl carbamates (subject to hydrolysis) is 2. The first-order chi connectivity index (χ1) is 53.3. The number of rotatable bonds is 38. The van der Waals surface area contributed by atoms with Crippen molar-refractivity contribution in [1.29, 1.82) is 0 Å². The van der Waals surface area contributed by atoms with Gasteiger partial charge in [-0.15, -0.1) is 0 Å². The van der Waals surface area contributed by atoms with Crippen molar-refractivity contribution in [3.05, 3.63) is 132 Å². The fraction of sp³-hybridized carbons (Fsp3) is 0.607. The van der Waals surface area contributed by atoms with E-state index in [1.807, 2.05) is 72.8 Å². The lowest BCUT2D eigenvalue weighted by Crippen LogP contribution is -2.52. The van der Waals surface area contributed by atoms with Gasteiger partial charge in [0.05, 0.1) is 36.8 Å². The molecule has 4 heterocycles. The molecule has 2 saturated heterocycles. The molecule has 28 heteroatoms. The van der Waals surface area contributed by atoms with Crippen LogP contribution in [0.3, 0.4) is 0 Å². The number of oxazole rings is 2. The smallest absolute Gasteiger partial charge is 0.407 e. The molecule has 4 aromatic carbocycles. The molecule has 2 saturated carbocycles. The van der Waals surface area contributed by atoms with Crippen LogP contribution in [0.5, 0.6) is 0 Å². The SMILES string of the molecule is CC(C)(C)OC(=O)NCCCC[C@H](CC(=O)[C@@H]1C[C@@H](OCC2CCCCC2)CN1C(=O)[C@@H](CCc1ccccc1)NS(C)(=O)=O)C(=O)c1nc2ccccc2o1.CC(C)(C)OC(=O)NCCCC[C@H](CC(=O)[C@@H]1C[C@@H](OCC2CCCCC2)CN1C(=O)[C@@H](CCc1ccccc1)NS(C)(=O)=O)C(O)c1nc2ccccc2o1. The fourth-order valence-corrected chi connectivity index (χ4v) is 16.8. The normalized spacial score (nSPS) is 19.4. The maximum absolute atomic E-state index is 14.5. The third-order valence-corrected chi connectivity index (χ3v) is 22.4. The summed E-state index contributed by atoms with van der Waals surface area (Å²) < 4.78 is 90.5. The molecule has 4 aliphatic rings. The molecule has 2 aromatic heterocycles. The maximum Gasteiger partial charge on any atom is 0.407 e. The molecule has 9 atom stereocenters. The van der Waals surface area contributed by atoms with Crippen molar-refractivity contribution in [2.24, 2.45) is 23.7 Å². The number of ether oxygens (including phenoxy) is 4. The van der Waals surface area contributed by atoms with E-state index in [-0.39, 0.29) is 75.0 Å². The summed E-state index contributed by atoms with van der Waals surface area (Å²) in [5.41, 5.74) is 2.71. The summed E-state index contributed by atoms with van der Waals surface area (Å²) in [6.45, 7) is 12.7. The van der Waals surface area contributed by atoms with E-state index in [0.717, 1.165) is 75.0 Å². The first kappa shape index (κ1) is 88.0. The zero-order valence-electron chi connectivity index (χ0n) is 66.4. The molecule has 5 N–H and O–H groups in total. The Bertz CT molecular complexity index is 4200. The number of fused-ring (bicyclic) bond motifs is 2. The highest BCUT2D eigenvalue weighted by Crippen LogP contribution is 2.36. The average Bonchev–Trinajstić information content (AvgIpc) is 1.68. The third-order valence-electron chi connectivity index (χ3n) is 21.0. The number of para-hydroxylation sites is 4. The van der Waals surface area contributed by atoms with E-state index >= 15 is 0 Å². The number of Topliss-reactive ketones (excluding diaryl/α,β-unsaturated/α-hetero) is 3. The predicted octanol–water partition coefficient (Wildman–Crippen LogP) is 12.6. The summed E-state index contributed by atoms with van der Waals surface area (Å²) in [5.74, 6) is -2.57. The number of benzene rings is 4. The van der Waals surface area contributed by atoms with Gasteiger partial charge in [0.2, 0.25) is 43.5 Å². The molecule has 1 unspecified atom stereocenters. The molecule has 4 fully saturated rings. The number of aliphatic hydroxyl groups excluding tert-OH is 1. The number of hydrogen-bond donors (Lipinski definition) is 5. The average molecular weight is 1590 g/mol. The lowest BCUT2D eigenvalue weighted by atomic mass is 9.88. The van der Waals surface area contributed by atoms with Crippen molar-refractivity contribution in [1.82, 2.24) is 39.8 Å². The lowest BCUT2D eigenvalue weighted by Gasteiger charge is -2.29. The minimum absolute atomic E-state index is 0.0859. The topological polar surface area (TPSA) is 352 Å². The van der Waals surface area contributed by atoms with E-state index in [4.69, 9.17) is 27.8 Å². The molecule has 0 radical (unpaired) electrons. The highest BCUT2D eigenvalue weighted by Gasteiger charge is 2.46. The van der Waals surface area contributed by atoms with Crippen LogP contribution in [0.15, 0.2) is 118 Å². The van der Waals surface area contributed by atoms with Gasteiger partial charge in [0, 0.05) is 76.9 Å². The second-order valence-corrected chi connectivity index (χ2v) is 36.4. The van der Waals surface area contributed by atoms with Crippen molar-refractivity contribution >= 4 is 83.6 Å². The van der Waals surface area contributed by atoms with Crippen LogP contribution in [0.25, 0.3) is 22.2 Å². The zero-order chi connectivity index (χ0) is 80.6. The second-order valence-electron chi connectivity index (χ2n) is 32.8. The Morgan fingerprint density at radius 3 is 1.38 bits per heavy atom. The molecular formula is C84H118N8O18S2. The van der Waals surface area contributed by atoms with Crippen LogP contribution < -0.4 is 20.1 Å². The van der Waals surface area contributed by atoms with E-state index in [0.29, 0.717) is 112 Å². The van der Waals surface area contributed by atoms with Crippen molar-refractivity contribution < 1.29 is 83.3 Å². The van der Waals surface area contributed by atoms with Gasteiger partial charge in [-0.3, -0.25) is 24.0 Å². The minimum atomic E-state index is -3.79. The van der Waals surface area contributed by atoms with Gasteiger partial charge in [-0.25, -0.2) is 45.8 Å². The van der Waals surface area contributed by atoms with E-state index < -0.39 is 115 Å². The van der Waals surface area contributed by atoms with E-state index in [2.05, 4.69) is 30.0 Å². The van der Waals surface area contributed by atoms with Gasteiger partial charge in [0.15, 0.2) is 22.7 Å². The number of ketones is 3. The van der Waals surface area contributed by atoms with Gasteiger partial charge in [-0.05, 0) is 166 Å².